The second-order valence-corrected chi connectivity index (χ2v) is 7.61. The third-order valence-corrected chi connectivity index (χ3v) is 5.21. The van der Waals surface area contributed by atoms with E-state index in [4.69, 9.17) is 10.9 Å². The molecule has 0 aliphatic heterocycles. The zero-order chi connectivity index (χ0) is 13.7. The summed E-state index contributed by atoms with van der Waals surface area (Å²) in [4.78, 5) is -0.105. The summed E-state index contributed by atoms with van der Waals surface area (Å²) in [6.07, 6.45) is 0.367. The fourth-order valence-electron chi connectivity index (χ4n) is 1.16. The monoisotopic (exact) mass is 303 g/mol. The third kappa shape index (κ3) is 6.88. The van der Waals surface area contributed by atoms with Crippen molar-refractivity contribution in [1.82, 2.24) is 4.72 Å². The molecule has 0 heterocycles. The standard InChI is InChI=1S/C7H17N3O4S3/c1-2-6(7(8)15)17(13,14)10-4-3-5-16(9,11)12/h6,10H,2-5H2,1H3,(H2,8,15)(H2,9,11,12). The first-order valence-corrected chi connectivity index (χ1v) is 8.55. The van der Waals surface area contributed by atoms with Gasteiger partial charge in [0, 0.05) is 6.54 Å². The van der Waals surface area contributed by atoms with Crippen LogP contribution in [0.15, 0.2) is 0 Å². The van der Waals surface area contributed by atoms with E-state index in [1.54, 1.807) is 6.92 Å². The molecule has 0 aromatic heterocycles. The molecular weight excluding hydrogens is 286 g/mol. The summed E-state index contributed by atoms with van der Waals surface area (Å²) in [6, 6.07) is 0. The molecule has 0 aromatic rings. The fourth-order valence-corrected chi connectivity index (χ4v) is 3.63. The van der Waals surface area contributed by atoms with E-state index < -0.39 is 25.3 Å². The highest BCUT2D eigenvalue weighted by molar-refractivity contribution is 7.93. The number of nitrogens with two attached hydrogens (primary N) is 2. The fraction of sp³-hybridized carbons (Fsp3) is 0.857. The van der Waals surface area contributed by atoms with Crippen LogP contribution in [0.3, 0.4) is 0 Å². The van der Waals surface area contributed by atoms with Crippen molar-refractivity contribution in [2.45, 2.75) is 25.0 Å². The van der Waals surface area contributed by atoms with Crippen molar-refractivity contribution in [2.24, 2.45) is 10.9 Å². The van der Waals surface area contributed by atoms with E-state index in [1.807, 2.05) is 0 Å². The molecule has 10 heteroatoms. The second-order valence-electron chi connectivity index (χ2n) is 3.46. The summed E-state index contributed by atoms with van der Waals surface area (Å²) in [5.41, 5.74) is 5.30. The molecular formula is C7H17N3O4S3. The number of primary sulfonamides is 1. The van der Waals surface area contributed by atoms with Crippen LogP contribution in [0.4, 0.5) is 0 Å². The van der Waals surface area contributed by atoms with Crippen molar-refractivity contribution in [1.29, 1.82) is 0 Å². The maximum atomic E-state index is 11.7. The topological polar surface area (TPSA) is 132 Å². The molecule has 0 saturated heterocycles. The summed E-state index contributed by atoms with van der Waals surface area (Å²) in [6.45, 7) is 1.63. The highest BCUT2D eigenvalue weighted by atomic mass is 32.2. The van der Waals surface area contributed by atoms with Gasteiger partial charge < -0.3 is 5.73 Å². The average Bonchev–Trinajstić information content (AvgIpc) is 2.11. The average molecular weight is 303 g/mol. The maximum Gasteiger partial charge on any atom is 0.220 e. The normalized spacial score (nSPS) is 14.5. The molecule has 0 radical (unpaired) electrons. The summed E-state index contributed by atoms with van der Waals surface area (Å²) < 4.78 is 46.8. The van der Waals surface area contributed by atoms with E-state index in [9.17, 15) is 16.8 Å². The molecule has 0 saturated carbocycles. The van der Waals surface area contributed by atoms with Gasteiger partial charge in [0.25, 0.3) is 0 Å². The van der Waals surface area contributed by atoms with Crippen molar-refractivity contribution in [3.05, 3.63) is 0 Å². The number of hydrogen-bond donors (Lipinski definition) is 3. The first-order chi connectivity index (χ1) is 7.60. The van der Waals surface area contributed by atoms with Gasteiger partial charge in [-0.2, -0.15) is 0 Å². The lowest BCUT2D eigenvalue weighted by molar-refractivity contribution is 0.570. The van der Waals surface area contributed by atoms with Gasteiger partial charge in [0.15, 0.2) is 0 Å². The number of thiocarbonyl (C=S) groups is 1. The van der Waals surface area contributed by atoms with Crippen LogP contribution < -0.4 is 15.6 Å². The summed E-state index contributed by atoms with van der Waals surface area (Å²) in [5, 5.41) is 3.84. The Kier molecular flexibility index (Phi) is 6.48. The molecule has 0 aliphatic carbocycles. The van der Waals surface area contributed by atoms with Crippen LogP contribution in [0, 0.1) is 0 Å². The van der Waals surface area contributed by atoms with Crippen LogP contribution in [-0.2, 0) is 20.0 Å². The summed E-state index contributed by atoms with van der Waals surface area (Å²) in [5.74, 6) is -0.278. The van der Waals surface area contributed by atoms with E-state index in [0.717, 1.165) is 0 Å². The predicted molar refractivity (Wildman–Crippen MR) is 70.4 cm³/mol. The van der Waals surface area contributed by atoms with Crippen LogP contribution in [0.1, 0.15) is 19.8 Å². The molecule has 17 heavy (non-hydrogen) atoms. The molecule has 0 aromatic carbocycles. The molecule has 7 nitrogen and oxygen atoms in total. The molecule has 0 bridgehead atoms. The number of hydrogen-bond acceptors (Lipinski definition) is 5. The molecule has 1 atom stereocenters. The molecule has 1 unspecified atom stereocenters. The van der Waals surface area contributed by atoms with Crippen molar-refractivity contribution in [3.8, 4) is 0 Å². The van der Waals surface area contributed by atoms with Crippen molar-refractivity contribution in [2.75, 3.05) is 12.3 Å². The highest BCUT2D eigenvalue weighted by Crippen LogP contribution is 2.04. The smallest absolute Gasteiger partial charge is 0.220 e. The lowest BCUT2D eigenvalue weighted by atomic mass is 10.3. The van der Waals surface area contributed by atoms with Gasteiger partial charge in [-0.1, -0.05) is 19.1 Å². The van der Waals surface area contributed by atoms with E-state index in [1.165, 1.54) is 0 Å². The molecule has 102 valence electrons. The summed E-state index contributed by atoms with van der Waals surface area (Å²) >= 11 is 4.65. The van der Waals surface area contributed by atoms with Gasteiger partial charge in [0.05, 0.1) is 10.7 Å². The summed E-state index contributed by atoms with van der Waals surface area (Å²) in [7, 11) is -7.21. The lowest BCUT2D eigenvalue weighted by Crippen LogP contribution is -2.42. The van der Waals surface area contributed by atoms with Crippen LogP contribution >= 0.6 is 12.2 Å². The van der Waals surface area contributed by atoms with Gasteiger partial charge >= 0.3 is 0 Å². The zero-order valence-corrected chi connectivity index (χ0v) is 11.9. The first kappa shape index (κ1) is 16.7. The minimum atomic E-state index is -3.64. The maximum absolute atomic E-state index is 11.7. The van der Waals surface area contributed by atoms with Crippen LogP contribution in [0.25, 0.3) is 0 Å². The Balaban J connectivity index is 4.33. The first-order valence-electron chi connectivity index (χ1n) is 4.88. The third-order valence-electron chi connectivity index (χ3n) is 1.97. The molecule has 0 aliphatic rings. The van der Waals surface area contributed by atoms with Gasteiger partial charge in [-0.05, 0) is 12.8 Å². The molecule has 0 fully saturated rings. The van der Waals surface area contributed by atoms with E-state index in [2.05, 4.69) is 16.9 Å². The minimum absolute atomic E-state index is 0.0160. The van der Waals surface area contributed by atoms with Gasteiger partial charge in [0.1, 0.15) is 5.25 Å². The number of nitrogens with one attached hydrogen (secondary N) is 1. The Bertz CT molecular complexity index is 457. The van der Waals surface area contributed by atoms with Gasteiger partial charge in [-0.15, -0.1) is 0 Å². The molecule has 0 amide bonds. The van der Waals surface area contributed by atoms with Gasteiger partial charge in [0.2, 0.25) is 20.0 Å². The van der Waals surface area contributed by atoms with E-state index in [-0.39, 0.29) is 30.1 Å². The lowest BCUT2D eigenvalue weighted by Gasteiger charge is -2.14. The predicted octanol–water partition coefficient (Wildman–Crippen LogP) is -1.35. The highest BCUT2D eigenvalue weighted by Gasteiger charge is 2.25. The van der Waals surface area contributed by atoms with Gasteiger partial charge in [-0.3, -0.25) is 0 Å². The zero-order valence-electron chi connectivity index (χ0n) is 9.42. The number of sulfonamides is 2. The Labute approximate surface area is 107 Å². The van der Waals surface area contributed by atoms with E-state index >= 15 is 0 Å². The Morgan fingerprint density at radius 1 is 1.35 bits per heavy atom. The SMILES string of the molecule is CCC(C(N)=S)S(=O)(=O)NCCCS(N)(=O)=O. The second kappa shape index (κ2) is 6.59. The quantitative estimate of drug-likeness (QED) is 0.375. The molecule has 0 spiro atoms. The van der Waals surface area contributed by atoms with Crippen molar-refractivity contribution >= 4 is 37.3 Å². The van der Waals surface area contributed by atoms with Crippen LogP contribution in [0.2, 0.25) is 0 Å². The molecule has 5 N–H and O–H groups in total. The van der Waals surface area contributed by atoms with Crippen LogP contribution in [-0.4, -0.2) is 39.4 Å². The van der Waals surface area contributed by atoms with Crippen molar-refractivity contribution < 1.29 is 16.8 Å². The Morgan fingerprint density at radius 2 is 1.88 bits per heavy atom. The molecule has 0 rings (SSSR count). The van der Waals surface area contributed by atoms with E-state index in [0.29, 0.717) is 0 Å². The Morgan fingerprint density at radius 3 is 2.24 bits per heavy atom. The largest absolute Gasteiger partial charge is 0.392 e. The van der Waals surface area contributed by atoms with Gasteiger partial charge in [-0.25, -0.2) is 26.7 Å². The van der Waals surface area contributed by atoms with Crippen LogP contribution in [0.5, 0.6) is 0 Å². The number of rotatable bonds is 8. The Hall–Kier alpha value is -0.290. The minimum Gasteiger partial charge on any atom is -0.392 e. The van der Waals surface area contributed by atoms with Crippen molar-refractivity contribution in [3.63, 3.8) is 0 Å².